The summed E-state index contributed by atoms with van der Waals surface area (Å²) in [7, 11) is 1.57. The molecule has 0 atom stereocenters. The Kier molecular flexibility index (Phi) is 5.42. The Morgan fingerprint density at radius 2 is 1.86 bits per heavy atom. The van der Waals surface area contributed by atoms with Gasteiger partial charge in [0, 0.05) is 5.56 Å². The first-order valence-corrected chi connectivity index (χ1v) is 6.96. The van der Waals surface area contributed by atoms with Crippen molar-refractivity contribution in [1.29, 1.82) is 0 Å². The zero-order valence-electron chi connectivity index (χ0n) is 11.7. The number of hydrogen-bond donors (Lipinski definition) is 1. The molecule has 0 fully saturated rings. The van der Waals surface area contributed by atoms with Gasteiger partial charge in [0.15, 0.2) is 11.5 Å². The van der Waals surface area contributed by atoms with Crippen LogP contribution in [0.15, 0.2) is 36.4 Å². The number of rotatable bonds is 6. The van der Waals surface area contributed by atoms with Crippen LogP contribution in [0.5, 0.6) is 11.5 Å². The number of benzene rings is 2. The van der Waals surface area contributed by atoms with E-state index in [1.807, 2.05) is 18.2 Å². The van der Waals surface area contributed by atoms with E-state index in [1.54, 1.807) is 19.2 Å². The number of halogens is 2. The van der Waals surface area contributed by atoms with Gasteiger partial charge in [0.2, 0.25) is 0 Å². The van der Waals surface area contributed by atoms with Gasteiger partial charge in [0.1, 0.15) is 12.4 Å². The SMILES string of the molecule is COc1cccc(CCN)c1OCc1cccc(F)c1Cl. The summed E-state index contributed by atoms with van der Waals surface area (Å²) in [6.45, 7) is 0.665. The van der Waals surface area contributed by atoms with Crippen LogP contribution in [-0.4, -0.2) is 13.7 Å². The van der Waals surface area contributed by atoms with Crippen LogP contribution >= 0.6 is 11.6 Å². The van der Waals surface area contributed by atoms with E-state index in [0.717, 1.165) is 5.56 Å². The molecule has 2 aromatic rings. The van der Waals surface area contributed by atoms with Crippen molar-refractivity contribution >= 4 is 11.6 Å². The third-order valence-electron chi connectivity index (χ3n) is 3.10. The average molecular weight is 310 g/mol. The van der Waals surface area contributed by atoms with Gasteiger partial charge in [-0.3, -0.25) is 0 Å². The van der Waals surface area contributed by atoms with Crippen molar-refractivity contribution in [3.8, 4) is 11.5 Å². The van der Waals surface area contributed by atoms with Gasteiger partial charge in [0.05, 0.1) is 12.1 Å². The minimum absolute atomic E-state index is 0.0766. The van der Waals surface area contributed by atoms with E-state index in [0.29, 0.717) is 30.0 Å². The zero-order chi connectivity index (χ0) is 15.2. The molecule has 0 unspecified atom stereocenters. The summed E-state index contributed by atoms with van der Waals surface area (Å²) in [4.78, 5) is 0. The van der Waals surface area contributed by atoms with E-state index in [4.69, 9.17) is 26.8 Å². The smallest absolute Gasteiger partial charge is 0.164 e. The van der Waals surface area contributed by atoms with Crippen LogP contribution in [0.2, 0.25) is 5.02 Å². The van der Waals surface area contributed by atoms with E-state index in [-0.39, 0.29) is 11.6 Å². The van der Waals surface area contributed by atoms with Gasteiger partial charge in [-0.05, 0) is 30.7 Å². The summed E-state index contributed by atoms with van der Waals surface area (Å²) < 4.78 is 24.5. The molecular weight excluding hydrogens is 293 g/mol. The molecule has 0 radical (unpaired) electrons. The van der Waals surface area contributed by atoms with E-state index in [1.165, 1.54) is 6.07 Å². The van der Waals surface area contributed by atoms with Gasteiger partial charge in [-0.2, -0.15) is 0 Å². The second-order valence-electron chi connectivity index (χ2n) is 4.49. The fraction of sp³-hybridized carbons (Fsp3) is 0.250. The van der Waals surface area contributed by atoms with Gasteiger partial charge in [-0.25, -0.2) is 4.39 Å². The number of nitrogens with two attached hydrogens (primary N) is 1. The normalized spacial score (nSPS) is 10.5. The topological polar surface area (TPSA) is 44.5 Å². The van der Waals surface area contributed by atoms with E-state index < -0.39 is 5.82 Å². The number of methoxy groups -OCH3 is 1. The summed E-state index contributed by atoms with van der Waals surface area (Å²) in [5.41, 5.74) is 7.14. The molecule has 2 aromatic carbocycles. The molecule has 0 aliphatic carbocycles. The maximum atomic E-state index is 13.4. The molecule has 21 heavy (non-hydrogen) atoms. The number of ether oxygens (including phenoxy) is 2. The Bertz CT molecular complexity index is 619. The molecule has 112 valence electrons. The van der Waals surface area contributed by atoms with Gasteiger partial charge in [-0.1, -0.05) is 35.9 Å². The minimum Gasteiger partial charge on any atom is -0.493 e. The third-order valence-corrected chi connectivity index (χ3v) is 3.52. The highest BCUT2D eigenvalue weighted by molar-refractivity contribution is 6.31. The fourth-order valence-corrected chi connectivity index (χ4v) is 2.23. The third kappa shape index (κ3) is 3.65. The molecule has 0 heterocycles. The highest BCUT2D eigenvalue weighted by Crippen LogP contribution is 2.32. The molecule has 2 N–H and O–H groups in total. The highest BCUT2D eigenvalue weighted by Gasteiger charge is 2.12. The molecule has 0 spiro atoms. The van der Waals surface area contributed by atoms with Crippen molar-refractivity contribution in [2.75, 3.05) is 13.7 Å². The van der Waals surface area contributed by atoms with Crippen LogP contribution in [0, 0.1) is 5.82 Å². The lowest BCUT2D eigenvalue weighted by Crippen LogP contribution is -2.07. The maximum absolute atomic E-state index is 13.4. The van der Waals surface area contributed by atoms with Crippen molar-refractivity contribution in [2.24, 2.45) is 5.73 Å². The molecule has 0 amide bonds. The molecule has 0 aromatic heterocycles. The molecule has 0 aliphatic rings. The monoisotopic (exact) mass is 309 g/mol. The van der Waals surface area contributed by atoms with Crippen LogP contribution in [0.4, 0.5) is 4.39 Å². The number of hydrogen-bond acceptors (Lipinski definition) is 3. The minimum atomic E-state index is -0.458. The van der Waals surface area contributed by atoms with Crippen LogP contribution in [0.25, 0.3) is 0 Å². The summed E-state index contributed by atoms with van der Waals surface area (Å²) in [6, 6.07) is 10.3. The molecule has 2 rings (SSSR count). The van der Waals surface area contributed by atoms with E-state index in [2.05, 4.69) is 0 Å². The Morgan fingerprint density at radius 3 is 2.57 bits per heavy atom. The maximum Gasteiger partial charge on any atom is 0.164 e. The molecule has 0 saturated heterocycles. The average Bonchev–Trinajstić information content (AvgIpc) is 2.49. The van der Waals surface area contributed by atoms with Crippen molar-refractivity contribution in [2.45, 2.75) is 13.0 Å². The second kappa shape index (κ2) is 7.29. The first-order chi connectivity index (χ1) is 10.2. The summed E-state index contributed by atoms with van der Waals surface area (Å²) in [5, 5.41) is 0.0766. The number of para-hydroxylation sites is 1. The standard InChI is InChI=1S/C16H17ClFNO2/c1-20-14-7-3-4-11(8-9-19)16(14)21-10-12-5-2-6-13(18)15(12)17/h2-7H,8-10,19H2,1H3. The quantitative estimate of drug-likeness (QED) is 0.887. The van der Waals surface area contributed by atoms with E-state index >= 15 is 0 Å². The van der Waals surface area contributed by atoms with Gasteiger partial charge in [0.25, 0.3) is 0 Å². The Labute approximate surface area is 128 Å². The molecule has 0 bridgehead atoms. The first-order valence-electron chi connectivity index (χ1n) is 6.59. The lowest BCUT2D eigenvalue weighted by molar-refractivity contribution is 0.281. The Hall–Kier alpha value is -1.78. The second-order valence-corrected chi connectivity index (χ2v) is 4.87. The predicted molar refractivity (Wildman–Crippen MR) is 81.5 cm³/mol. The van der Waals surface area contributed by atoms with Crippen molar-refractivity contribution in [3.05, 3.63) is 58.4 Å². The molecule has 3 nitrogen and oxygen atoms in total. The molecule has 0 aliphatic heterocycles. The van der Waals surface area contributed by atoms with Crippen molar-refractivity contribution in [3.63, 3.8) is 0 Å². The van der Waals surface area contributed by atoms with E-state index in [9.17, 15) is 4.39 Å². The lowest BCUT2D eigenvalue weighted by Gasteiger charge is -2.15. The summed E-state index contributed by atoms with van der Waals surface area (Å²) >= 11 is 5.93. The molecular formula is C16H17ClFNO2. The van der Waals surface area contributed by atoms with Crippen LogP contribution in [-0.2, 0) is 13.0 Å². The molecule has 5 heteroatoms. The van der Waals surface area contributed by atoms with Crippen molar-refractivity contribution < 1.29 is 13.9 Å². The van der Waals surface area contributed by atoms with Crippen LogP contribution < -0.4 is 15.2 Å². The van der Waals surface area contributed by atoms with Gasteiger partial charge in [-0.15, -0.1) is 0 Å². The largest absolute Gasteiger partial charge is 0.493 e. The summed E-state index contributed by atoms with van der Waals surface area (Å²) in [5.74, 6) is 0.777. The zero-order valence-corrected chi connectivity index (χ0v) is 12.5. The van der Waals surface area contributed by atoms with Crippen LogP contribution in [0.3, 0.4) is 0 Å². The lowest BCUT2D eigenvalue weighted by atomic mass is 10.1. The summed E-state index contributed by atoms with van der Waals surface area (Å²) in [6.07, 6.45) is 0.670. The van der Waals surface area contributed by atoms with Gasteiger partial charge >= 0.3 is 0 Å². The van der Waals surface area contributed by atoms with Gasteiger partial charge < -0.3 is 15.2 Å². The highest BCUT2D eigenvalue weighted by atomic mass is 35.5. The van der Waals surface area contributed by atoms with Crippen molar-refractivity contribution in [1.82, 2.24) is 0 Å². The predicted octanol–water partition coefficient (Wildman–Crippen LogP) is 3.57. The Morgan fingerprint density at radius 1 is 1.14 bits per heavy atom. The first kappa shape index (κ1) is 15.6. The van der Waals surface area contributed by atoms with Crippen LogP contribution in [0.1, 0.15) is 11.1 Å². The molecule has 0 saturated carbocycles. The fourth-order valence-electron chi connectivity index (χ4n) is 2.05. The Balaban J connectivity index is 2.24.